The van der Waals surface area contributed by atoms with Crippen LogP contribution in [0.3, 0.4) is 0 Å². The molecule has 1 atom stereocenters. The van der Waals surface area contributed by atoms with Gasteiger partial charge in [-0.1, -0.05) is 26.0 Å². The van der Waals surface area contributed by atoms with Crippen molar-refractivity contribution in [3.63, 3.8) is 0 Å². The fourth-order valence-corrected chi connectivity index (χ4v) is 3.94. The second-order valence-corrected chi connectivity index (χ2v) is 8.35. The van der Waals surface area contributed by atoms with E-state index < -0.39 is 11.7 Å². The predicted molar refractivity (Wildman–Crippen MR) is 112 cm³/mol. The maximum absolute atomic E-state index is 13.6. The lowest BCUT2D eigenvalue weighted by Gasteiger charge is -2.39. The summed E-state index contributed by atoms with van der Waals surface area (Å²) in [7, 11) is 1.36. The molecule has 0 amide bonds. The quantitative estimate of drug-likeness (QED) is 0.700. The van der Waals surface area contributed by atoms with Crippen LogP contribution in [0.15, 0.2) is 36.4 Å². The van der Waals surface area contributed by atoms with Gasteiger partial charge in [-0.15, -0.1) is 0 Å². The first-order valence-corrected chi connectivity index (χ1v) is 10.3. The van der Waals surface area contributed by atoms with Crippen molar-refractivity contribution in [1.82, 2.24) is 0 Å². The zero-order chi connectivity index (χ0) is 22.3. The number of carbonyl (C=O) groups is 1. The zero-order valence-corrected chi connectivity index (χ0v) is 17.6. The molecule has 1 N–H and O–H groups in total. The van der Waals surface area contributed by atoms with Crippen molar-refractivity contribution in [2.75, 3.05) is 37.0 Å². The van der Waals surface area contributed by atoms with Gasteiger partial charge in [0.05, 0.1) is 30.8 Å². The monoisotopic (exact) mass is 434 g/mol. The molecule has 0 spiro atoms. The Morgan fingerprint density at radius 1 is 1.23 bits per heavy atom. The third-order valence-electron chi connectivity index (χ3n) is 5.87. The van der Waals surface area contributed by atoms with E-state index in [1.807, 2.05) is 36.9 Å². The fraction of sp³-hybridized carbons (Fsp3) is 0.435. The highest BCUT2D eigenvalue weighted by Gasteiger charge is 2.36. The molecule has 1 unspecified atom stereocenters. The lowest BCUT2D eigenvalue weighted by Crippen LogP contribution is -2.50. The number of fused-ring (bicyclic) bond motifs is 1. The molecule has 2 aromatic carbocycles. The van der Waals surface area contributed by atoms with Crippen molar-refractivity contribution in [3.05, 3.63) is 42.0 Å². The summed E-state index contributed by atoms with van der Waals surface area (Å²) < 4.78 is 51.5. The SMILES string of the molecule is COC(=O)C1CN(c2cccc(-c3cc(C(F)(F)F)cc4c3NCC(C(C)C)O4)c2)C1. The van der Waals surface area contributed by atoms with Crippen molar-refractivity contribution >= 4 is 17.3 Å². The third-order valence-corrected chi connectivity index (χ3v) is 5.87. The Kier molecular flexibility index (Phi) is 5.49. The van der Waals surface area contributed by atoms with E-state index in [0.717, 1.165) is 17.8 Å². The number of benzene rings is 2. The molecule has 0 aliphatic carbocycles. The van der Waals surface area contributed by atoms with E-state index in [-0.39, 0.29) is 29.7 Å². The Balaban J connectivity index is 1.70. The summed E-state index contributed by atoms with van der Waals surface area (Å²) in [6.45, 7) is 5.52. The molecule has 31 heavy (non-hydrogen) atoms. The summed E-state index contributed by atoms with van der Waals surface area (Å²) >= 11 is 0. The van der Waals surface area contributed by atoms with E-state index in [0.29, 0.717) is 36.4 Å². The van der Waals surface area contributed by atoms with Crippen LogP contribution in [0.5, 0.6) is 5.75 Å². The molecule has 166 valence electrons. The Bertz CT molecular complexity index is 985. The standard InChI is InChI=1S/C23H25F3N2O3/c1-13(2)20-10-27-21-18(8-16(23(24,25)26)9-19(21)31-20)14-5-4-6-17(7-14)28-11-15(12-28)22(29)30-3/h4-9,13,15,20,27H,10-12H2,1-3H3. The second-order valence-electron chi connectivity index (χ2n) is 8.35. The predicted octanol–water partition coefficient (Wildman–Crippen LogP) is 4.81. The summed E-state index contributed by atoms with van der Waals surface area (Å²) in [5, 5.41) is 3.28. The van der Waals surface area contributed by atoms with E-state index in [2.05, 4.69) is 5.32 Å². The molecule has 0 aromatic heterocycles. The maximum atomic E-state index is 13.6. The molecular weight excluding hydrogens is 409 g/mol. The lowest BCUT2D eigenvalue weighted by molar-refractivity contribution is -0.146. The van der Waals surface area contributed by atoms with Crippen molar-refractivity contribution in [1.29, 1.82) is 0 Å². The largest absolute Gasteiger partial charge is 0.486 e. The van der Waals surface area contributed by atoms with Crippen LogP contribution in [-0.4, -0.2) is 38.8 Å². The number of ether oxygens (including phenoxy) is 2. The van der Waals surface area contributed by atoms with Gasteiger partial charge in [0.15, 0.2) is 0 Å². The third kappa shape index (κ3) is 4.16. The number of alkyl halides is 3. The molecule has 8 heteroatoms. The van der Waals surface area contributed by atoms with Crippen molar-refractivity contribution in [3.8, 4) is 16.9 Å². The zero-order valence-electron chi connectivity index (χ0n) is 17.6. The molecule has 4 rings (SSSR count). The van der Waals surface area contributed by atoms with Gasteiger partial charge in [-0.3, -0.25) is 4.79 Å². The van der Waals surface area contributed by atoms with Crippen LogP contribution < -0.4 is 15.0 Å². The van der Waals surface area contributed by atoms with Crippen LogP contribution in [0.2, 0.25) is 0 Å². The molecule has 2 aromatic rings. The average Bonchev–Trinajstić information content (AvgIpc) is 2.70. The Morgan fingerprint density at radius 3 is 2.61 bits per heavy atom. The summed E-state index contributed by atoms with van der Waals surface area (Å²) in [5.74, 6) is -0.0514. The van der Waals surface area contributed by atoms with Gasteiger partial charge in [0.2, 0.25) is 0 Å². The fourth-order valence-electron chi connectivity index (χ4n) is 3.94. The van der Waals surface area contributed by atoms with Gasteiger partial charge >= 0.3 is 12.1 Å². The maximum Gasteiger partial charge on any atom is 0.416 e. The summed E-state index contributed by atoms with van der Waals surface area (Å²) in [6.07, 6.45) is -4.69. The Morgan fingerprint density at radius 2 is 1.97 bits per heavy atom. The number of nitrogens with one attached hydrogen (secondary N) is 1. The van der Waals surface area contributed by atoms with E-state index in [1.54, 1.807) is 6.07 Å². The highest BCUT2D eigenvalue weighted by molar-refractivity contribution is 5.85. The number of rotatable bonds is 4. The van der Waals surface area contributed by atoms with Gasteiger partial charge < -0.3 is 19.7 Å². The molecule has 0 bridgehead atoms. The summed E-state index contributed by atoms with van der Waals surface area (Å²) in [4.78, 5) is 13.7. The topological polar surface area (TPSA) is 50.8 Å². The van der Waals surface area contributed by atoms with Gasteiger partial charge in [-0.05, 0) is 35.7 Å². The molecule has 2 heterocycles. The highest BCUT2D eigenvalue weighted by atomic mass is 19.4. The smallest absolute Gasteiger partial charge is 0.416 e. The minimum atomic E-state index is -4.49. The highest BCUT2D eigenvalue weighted by Crippen LogP contribution is 2.45. The lowest BCUT2D eigenvalue weighted by atomic mass is 9.95. The summed E-state index contributed by atoms with van der Waals surface area (Å²) in [5.41, 5.74) is 1.77. The Labute approximate surface area is 179 Å². The molecule has 0 radical (unpaired) electrons. The molecular formula is C23H25F3N2O3. The van der Waals surface area contributed by atoms with Crippen LogP contribution >= 0.6 is 0 Å². The van der Waals surface area contributed by atoms with Crippen molar-refractivity contribution < 1.29 is 27.4 Å². The average molecular weight is 434 g/mol. The van der Waals surface area contributed by atoms with Crippen molar-refractivity contribution in [2.45, 2.75) is 26.1 Å². The van der Waals surface area contributed by atoms with Crippen LogP contribution in [0.25, 0.3) is 11.1 Å². The number of hydrogen-bond acceptors (Lipinski definition) is 5. The van der Waals surface area contributed by atoms with Gasteiger partial charge in [-0.25, -0.2) is 0 Å². The van der Waals surface area contributed by atoms with Crippen LogP contribution in [-0.2, 0) is 15.7 Å². The minimum absolute atomic E-state index is 0.163. The first-order valence-electron chi connectivity index (χ1n) is 10.3. The van der Waals surface area contributed by atoms with Crippen molar-refractivity contribution in [2.24, 2.45) is 11.8 Å². The van der Waals surface area contributed by atoms with E-state index >= 15 is 0 Å². The first kappa shape index (κ1) is 21.3. The van der Waals surface area contributed by atoms with Gasteiger partial charge in [0, 0.05) is 24.3 Å². The number of carbonyl (C=O) groups excluding carboxylic acids is 1. The summed E-state index contributed by atoms with van der Waals surface area (Å²) in [6, 6.07) is 9.56. The number of nitrogens with zero attached hydrogens (tertiary/aromatic N) is 1. The van der Waals surface area contributed by atoms with E-state index in [4.69, 9.17) is 9.47 Å². The number of anilines is 2. The molecule has 1 fully saturated rings. The number of esters is 1. The van der Waals surface area contributed by atoms with Crippen LogP contribution in [0.4, 0.5) is 24.5 Å². The van der Waals surface area contributed by atoms with Gasteiger partial charge in [0.25, 0.3) is 0 Å². The minimum Gasteiger partial charge on any atom is -0.486 e. The molecule has 2 aliphatic heterocycles. The molecule has 2 aliphatic rings. The normalized spacial score (nSPS) is 18.7. The van der Waals surface area contributed by atoms with E-state index in [1.165, 1.54) is 7.11 Å². The molecule has 0 saturated carbocycles. The molecule has 1 saturated heterocycles. The number of hydrogen-bond donors (Lipinski definition) is 1. The molecule has 5 nitrogen and oxygen atoms in total. The van der Waals surface area contributed by atoms with E-state index in [9.17, 15) is 18.0 Å². The second kappa shape index (κ2) is 7.98. The number of methoxy groups -OCH3 is 1. The van der Waals surface area contributed by atoms with Crippen LogP contribution in [0, 0.1) is 11.8 Å². The van der Waals surface area contributed by atoms with Gasteiger partial charge in [-0.2, -0.15) is 13.2 Å². The van der Waals surface area contributed by atoms with Gasteiger partial charge in [0.1, 0.15) is 11.9 Å². The Hall–Kier alpha value is -2.90. The first-order chi connectivity index (χ1) is 14.7. The number of halogens is 3. The van der Waals surface area contributed by atoms with Crippen LogP contribution in [0.1, 0.15) is 19.4 Å².